The van der Waals surface area contributed by atoms with Crippen LogP contribution in [0.15, 0.2) is 59.8 Å². The Bertz CT molecular complexity index is 1000. The molecule has 0 saturated heterocycles. The molecule has 2 aromatic carbocycles. The molecular weight excluding hydrogens is 432 g/mol. The minimum Gasteiger partial charge on any atom is -0.494 e. The fourth-order valence-corrected chi connectivity index (χ4v) is 4.29. The fraction of sp³-hybridized carbons (Fsp3) is 0.423. The van der Waals surface area contributed by atoms with Crippen LogP contribution < -0.4 is 10.1 Å². The van der Waals surface area contributed by atoms with Crippen LogP contribution in [0.2, 0.25) is 0 Å². The predicted octanol–water partition coefficient (Wildman–Crippen LogP) is 5.29. The van der Waals surface area contributed by atoms with Gasteiger partial charge in [0, 0.05) is 18.2 Å². The number of aromatic nitrogens is 3. The molecule has 0 radical (unpaired) electrons. The third kappa shape index (κ3) is 7.63. The highest BCUT2D eigenvalue weighted by Crippen LogP contribution is 2.25. The van der Waals surface area contributed by atoms with E-state index < -0.39 is 0 Å². The molecule has 1 unspecified atom stereocenters. The van der Waals surface area contributed by atoms with Crippen LogP contribution in [-0.2, 0) is 11.2 Å². The lowest BCUT2D eigenvalue weighted by atomic mass is 10.0. The topological polar surface area (TPSA) is 69.0 Å². The van der Waals surface area contributed by atoms with Crippen molar-refractivity contribution in [3.05, 3.63) is 66.0 Å². The normalized spacial score (nSPS) is 12.0. The number of hydrogen-bond donors (Lipinski definition) is 1. The summed E-state index contributed by atoms with van der Waals surface area (Å²) in [5.41, 5.74) is 2.10. The quantitative estimate of drug-likeness (QED) is 0.367. The van der Waals surface area contributed by atoms with E-state index in [0.29, 0.717) is 29.9 Å². The summed E-state index contributed by atoms with van der Waals surface area (Å²) in [6.07, 6.45) is 2.74. The average molecular weight is 467 g/mol. The van der Waals surface area contributed by atoms with Crippen molar-refractivity contribution in [1.29, 1.82) is 0 Å². The van der Waals surface area contributed by atoms with E-state index in [0.717, 1.165) is 35.7 Å². The monoisotopic (exact) mass is 466 g/mol. The second-order valence-corrected chi connectivity index (χ2v) is 9.49. The first-order valence-electron chi connectivity index (χ1n) is 11.6. The molecule has 3 rings (SSSR count). The fourth-order valence-electron chi connectivity index (χ4n) is 3.51. The van der Waals surface area contributed by atoms with Gasteiger partial charge in [-0.05, 0) is 62.4 Å². The molecule has 0 aliphatic carbocycles. The van der Waals surface area contributed by atoms with Gasteiger partial charge in [-0.15, -0.1) is 10.2 Å². The van der Waals surface area contributed by atoms with Crippen molar-refractivity contribution >= 4 is 17.7 Å². The van der Waals surface area contributed by atoms with Crippen LogP contribution in [0.5, 0.6) is 5.75 Å². The number of carbonyl (C=O) groups is 1. The van der Waals surface area contributed by atoms with Gasteiger partial charge in [-0.25, -0.2) is 0 Å². The molecule has 33 heavy (non-hydrogen) atoms. The summed E-state index contributed by atoms with van der Waals surface area (Å²) in [7, 11) is 0. The predicted molar refractivity (Wildman–Crippen MR) is 134 cm³/mol. The van der Waals surface area contributed by atoms with Gasteiger partial charge in [-0.2, -0.15) is 0 Å². The van der Waals surface area contributed by atoms with Gasteiger partial charge in [-0.1, -0.05) is 55.9 Å². The maximum absolute atomic E-state index is 12.5. The summed E-state index contributed by atoms with van der Waals surface area (Å²) < 4.78 is 7.62. The van der Waals surface area contributed by atoms with Gasteiger partial charge in [0.1, 0.15) is 11.6 Å². The highest BCUT2D eigenvalue weighted by atomic mass is 32.2. The number of nitrogens with one attached hydrogen (secondary N) is 1. The van der Waals surface area contributed by atoms with Crippen LogP contribution in [0.3, 0.4) is 0 Å². The molecule has 0 bridgehead atoms. The molecule has 0 aliphatic rings. The van der Waals surface area contributed by atoms with Gasteiger partial charge in [0.25, 0.3) is 0 Å². The number of nitrogens with zero attached hydrogens (tertiary/aromatic N) is 3. The minimum absolute atomic E-state index is 0.0158. The van der Waals surface area contributed by atoms with Gasteiger partial charge >= 0.3 is 0 Å². The third-order valence-corrected chi connectivity index (χ3v) is 6.16. The number of hydrogen-bond acceptors (Lipinski definition) is 5. The van der Waals surface area contributed by atoms with Crippen LogP contribution in [0, 0.1) is 5.92 Å². The lowest BCUT2D eigenvalue weighted by molar-refractivity contribution is -0.119. The number of rotatable bonds is 12. The van der Waals surface area contributed by atoms with Crippen molar-refractivity contribution in [2.24, 2.45) is 5.92 Å². The average Bonchev–Trinajstić information content (AvgIpc) is 3.20. The van der Waals surface area contributed by atoms with Crippen molar-refractivity contribution < 1.29 is 9.53 Å². The summed E-state index contributed by atoms with van der Waals surface area (Å²) in [6, 6.07) is 18.3. The van der Waals surface area contributed by atoms with E-state index in [1.165, 1.54) is 11.8 Å². The van der Waals surface area contributed by atoms with Gasteiger partial charge in [-0.3, -0.25) is 9.36 Å². The summed E-state index contributed by atoms with van der Waals surface area (Å²) in [4.78, 5) is 12.5. The van der Waals surface area contributed by atoms with Gasteiger partial charge in [0.05, 0.1) is 12.4 Å². The van der Waals surface area contributed by atoms with Gasteiger partial charge < -0.3 is 10.1 Å². The number of ether oxygens (including phenoxy) is 1. The van der Waals surface area contributed by atoms with E-state index in [1.54, 1.807) is 0 Å². The van der Waals surface area contributed by atoms with E-state index in [1.807, 2.05) is 54.0 Å². The molecule has 6 nitrogen and oxygen atoms in total. The minimum atomic E-state index is 0.0158. The van der Waals surface area contributed by atoms with Crippen LogP contribution in [0.25, 0.3) is 5.69 Å². The van der Waals surface area contributed by atoms with Crippen LogP contribution >= 0.6 is 11.8 Å². The lowest BCUT2D eigenvalue weighted by Crippen LogP contribution is -2.34. The number of amides is 1. The Hall–Kier alpha value is -2.80. The highest BCUT2D eigenvalue weighted by molar-refractivity contribution is 7.99. The SMILES string of the molecule is CCOc1ccc(-n2c(Cc3ccccc3)nnc2SCC(=O)NC(C)CCC(C)C)cc1. The van der Waals surface area contributed by atoms with Crippen molar-refractivity contribution in [2.45, 2.75) is 58.2 Å². The Morgan fingerprint density at radius 3 is 2.42 bits per heavy atom. The summed E-state index contributed by atoms with van der Waals surface area (Å²) in [6.45, 7) is 9.05. The van der Waals surface area contributed by atoms with Crippen molar-refractivity contribution in [3.63, 3.8) is 0 Å². The van der Waals surface area contributed by atoms with Crippen LogP contribution in [0.1, 0.15) is 51.9 Å². The van der Waals surface area contributed by atoms with Crippen molar-refractivity contribution in [1.82, 2.24) is 20.1 Å². The molecular formula is C26H34N4O2S. The first-order valence-corrected chi connectivity index (χ1v) is 12.6. The second kappa shape index (κ2) is 12.4. The zero-order valence-electron chi connectivity index (χ0n) is 20.0. The van der Waals surface area contributed by atoms with E-state index >= 15 is 0 Å². The lowest BCUT2D eigenvalue weighted by Gasteiger charge is -2.15. The molecule has 3 aromatic rings. The molecule has 1 atom stereocenters. The second-order valence-electron chi connectivity index (χ2n) is 8.55. The Balaban J connectivity index is 1.75. The molecule has 1 heterocycles. The van der Waals surface area contributed by atoms with Crippen molar-refractivity contribution in [3.8, 4) is 11.4 Å². The standard InChI is InChI=1S/C26H34N4O2S/c1-5-32-23-15-13-22(14-16-23)30-24(17-21-9-7-6-8-10-21)28-29-26(30)33-18-25(31)27-20(4)12-11-19(2)3/h6-10,13-16,19-20H,5,11-12,17-18H2,1-4H3,(H,27,31). The molecule has 0 aliphatic heterocycles. The molecule has 1 amide bonds. The summed E-state index contributed by atoms with van der Waals surface area (Å²) in [5, 5.41) is 12.7. The first-order chi connectivity index (χ1) is 16.0. The van der Waals surface area contributed by atoms with Crippen LogP contribution in [-0.4, -0.2) is 39.1 Å². The molecule has 0 fully saturated rings. The van der Waals surface area contributed by atoms with E-state index in [9.17, 15) is 4.79 Å². The highest BCUT2D eigenvalue weighted by Gasteiger charge is 2.17. The van der Waals surface area contributed by atoms with E-state index in [-0.39, 0.29) is 11.9 Å². The maximum atomic E-state index is 12.5. The molecule has 0 spiro atoms. The molecule has 7 heteroatoms. The zero-order chi connectivity index (χ0) is 23.6. The molecule has 0 saturated carbocycles. The third-order valence-electron chi connectivity index (χ3n) is 5.23. The Morgan fingerprint density at radius 2 is 1.76 bits per heavy atom. The van der Waals surface area contributed by atoms with E-state index in [4.69, 9.17) is 4.74 Å². The number of thioether (sulfide) groups is 1. The Kier molecular flexibility index (Phi) is 9.36. The smallest absolute Gasteiger partial charge is 0.230 e. The maximum Gasteiger partial charge on any atom is 0.230 e. The van der Waals surface area contributed by atoms with Gasteiger partial charge in [0.2, 0.25) is 5.91 Å². The molecule has 1 N–H and O–H groups in total. The zero-order valence-corrected chi connectivity index (χ0v) is 20.8. The summed E-state index contributed by atoms with van der Waals surface area (Å²) in [5.74, 6) is 2.60. The molecule has 176 valence electrons. The number of benzene rings is 2. The van der Waals surface area contributed by atoms with E-state index in [2.05, 4.69) is 48.4 Å². The summed E-state index contributed by atoms with van der Waals surface area (Å²) >= 11 is 1.41. The molecule has 1 aromatic heterocycles. The van der Waals surface area contributed by atoms with Gasteiger partial charge in [0.15, 0.2) is 5.16 Å². The largest absolute Gasteiger partial charge is 0.494 e. The van der Waals surface area contributed by atoms with Crippen LogP contribution in [0.4, 0.5) is 0 Å². The Morgan fingerprint density at radius 1 is 1.03 bits per heavy atom. The van der Waals surface area contributed by atoms with Crippen molar-refractivity contribution in [2.75, 3.05) is 12.4 Å². The first kappa shape index (κ1) is 24.8. The Labute approximate surface area is 201 Å². The number of carbonyl (C=O) groups excluding carboxylic acids is 1.